The molecule has 33 heavy (non-hydrogen) atoms. The lowest BCUT2D eigenvalue weighted by Crippen LogP contribution is -2.39. The largest absolute Gasteiger partial charge is 0.497 e. The van der Waals surface area contributed by atoms with Crippen molar-refractivity contribution in [3.8, 4) is 11.6 Å². The number of benzene rings is 2. The van der Waals surface area contributed by atoms with E-state index in [2.05, 4.69) is 10.3 Å². The second kappa shape index (κ2) is 10.2. The average Bonchev–Trinajstić information content (AvgIpc) is 2.80. The summed E-state index contributed by atoms with van der Waals surface area (Å²) in [5.41, 5.74) is 0.578. The fourth-order valence-electron chi connectivity index (χ4n) is 3.01. The van der Waals surface area contributed by atoms with Gasteiger partial charge in [0.05, 0.1) is 18.6 Å². The predicted octanol–water partition coefficient (Wildman–Crippen LogP) is 2.56. The van der Waals surface area contributed by atoms with Crippen molar-refractivity contribution in [1.82, 2.24) is 9.13 Å². The van der Waals surface area contributed by atoms with Gasteiger partial charge in [-0.05, 0) is 48.9 Å². The number of methoxy groups -OCH3 is 1. The first-order chi connectivity index (χ1) is 15.7. The summed E-state index contributed by atoms with van der Waals surface area (Å²) in [6, 6.07) is 14.1. The van der Waals surface area contributed by atoms with E-state index in [1.165, 1.54) is 14.1 Å². The molecule has 0 aliphatic rings. The lowest BCUT2D eigenvalue weighted by Gasteiger charge is -2.13. The van der Waals surface area contributed by atoms with Crippen LogP contribution in [0.15, 0.2) is 63.1 Å². The molecule has 10 heteroatoms. The summed E-state index contributed by atoms with van der Waals surface area (Å²) < 4.78 is 6.98. The number of aryl methyl sites for hydroxylation is 1. The number of thioether (sulfide) groups is 1. The zero-order valence-corrected chi connectivity index (χ0v) is 19.5. The monoisotopic (exact) mass is 468 g/mol. The molecule has 172 valence electrons. The van der Waals surface area contributed by atoms with Crippen LogP contribution in [0.3, 0.4) is 0 Å². The third-order valence-corrected chi connectivity index (χ3v) is 5.77. The van der Waals surface area contributed by atoms with Gasteiger partial charge in [0, 0.05) is 19.8 Å². The van der Waals surface area contributed by atoms with Gasteiger partial charge in [-0.2, -0.15) is 0 Å². The van der Waals surface area contributed by atoms with Crippen LogP contribution in [0.25, 0.3) is 0 Å². The maximum absolute atomic E-state index is 12.8. The molecule has 1 aromatic heterocycles. The van der Waals surface area contributed by atoms with Gasteiger partial charge in [-0.3, -0.25) is 18.7 Å². The molecule has 0 bridgehead atoms. The zero-order chi connectivity index (χ0) is 24.1. The van der Waals surface area contributed by atoms with Crippen molar-refractivity contribution in [3.05, 3.63) is 80.5 Å². The first-order valence-electron chi connectivity index (χ1n) is 9.92. The molecule has 3 aromatic rings. The van der Waals surface area contributed by atoms with Crippen molar-refractivity contribution in [1.29, 1.82) is 0 Å². The molecule has 0 aliphatic carbocycles. The van der Waals surface area contributed by atoms with Crippen molar-refractivity contribution < 1.29 is 14.6 Å². The Morgan fingerprint density at radius 1 is 1.12 bits per heavy atom. The van der Waals surface area contributed by atoms with E-state index in [-0.39, 0.29) is 22.3 Å². The molecule has 0 atom stereocenters. The van der Waals surface area contributed by atoms with Crippen molar-refractivity contribution in [2.75, 3.05) is 18.2 Å². The van der Waals surface area contributed by atoms with Gasteiger partial charge < -0.3 is 15.2 Å². The van der Waals surface area contributed by atoms with Crippen molar-refractivity contribution in [2.24, 2.45) is 19.1 Å². The Balaban J connectivity index is 1.98. The number of aromatic nitrogens is 2. The Bertz CT molecular complexity index is 1330. The lowest BCUT2D eigenvalue weighted by molar-refractivity contribution is -0.113. The Labute approximate surface area is 194 Å². The number of aromatic hydroxyl groups is 1. The smallest absolute Gasteiger partial charge is 0.333 e. The van der Waals surface area contributed by atoms with Gasteiger partial charge in [0.15, 0.2) is 0 Å². The molecule has 0 radical (unpaired) electrons. The fourth-order valence-corrected chi connectivity index (χ4v) is 3.84. The molecular weight excluding hydrogens is 444 g/mol. The number of aliphatic imine (C=N–C) groups is 1. The number of rotatable bonds is 6. The quantitative estimate of drug-likeness (QED) is 0.424. The summed E-state index contributed by atoms with van der Waals surface area (Å²) in [7, 11) is 4.20. The number of amides is 1. The summed E-state index contributed by atoms with van der Waals surface area (Å²) in [4.78, 5) is 42.0. The zero-order valence-electron chi connectivity index (χ0n) is 18.7. The predicted molar refractivity (Wildman–Crippen MR) is 130 cm³/mol. The molecule has 0 saturated carbocycles. The fraction of sp³-hybridized carbons (Fsp3) is 0.217. The van der Waals surface area contributed by atoms with E-state index in [1.54, 1.807) is 37.4 Å². The Hall–Kier alpha value is -3.79. The second-order valence-corrected chi connectivity index (χ2v) is 8.19. The minimum absolute atomic E-state index is 0.0750. The Morgan fingerprint density at radius 3 is 2.45 bits per heavy atom. The molecule has 0 aliphatic heterocycles. The molecule has 3 rings (SSSR count). The SMILES string of the molecule is COc1ccc(N=C(SCC(=O)Nc2cccc(C)c2)c2c(O)n(C)c(=O)n(C)c2=O)cc1. The number of ether oxygens (including phenoxy) is 1. The van der Waals surface area contributed by atoms with Crippen molar-refractivity contribution in [2.45, 2.75) is 6.92 Å². The number of hydrogen-bond acceptors (Lipinski definition) is 7. The van der Waals surface area contributed by atoms with Crippen LogP contribution in [0.1, 0.15) is 11.1 Å². The first-order valence-corrected chi connectivity index (χ1v) is 10.9. The number of nitrogens with zero attached hydrogens (tertiary/aromatic N) is 3. The topological polar surface area (TPSA) is 115 Å². The molecule has 2 N–H and O–H groups in total. The van der Waals surface area contributed by atoms with E-state index in [4.69, 9.17) is 4.74 Å². The van der Waals surface area contributed by atoms with Gasteiger partial charge in [0.2, 0.25) is 11.8 Å². The van der Waals surface area contributed by atoms with Gasteiger partial charge >= 0.3 is 5.69 Å². The van der Waals surface area contributed by atoms with Crippen LogP contribution < -0.4 is 21.3 Å². The maximum atomic E-state index is 12.8. The highest BCUT2D eigenvalue weighted by Crippen LogP contribution is 2.25. The molecule has 1 amide bonds. The second-order valence-electron chi connectivity index (χ2n) is 7.23. The molecule has 0 saturated heterocycles. The van der Waals surface area contributed by atoms with Crippen molar-refractivity contribution >= 4 is 34.1 Å². The summed E-state index contributed by atoms with van der Waals surface area (Å²) in [6.45, 7) is 1.92. The summed E-state index contributed by atoms with van der Waals surface area (Å²) in [5, 5.41) is 13.5. The van der Waals surface area contributed by atoms with E-state index in [9.17, 15) is 19.5 Å². The van der Waals surface area contributed by atoms with Gasteiger partial charge in [-0.1, -0.05) is 23.9 Å². The Kier molecular flexibility index (Phi) is 7.39. The highest BCUT2D eigenvalue weighted by atomic mass is 32.2. The highest BCUT2D eigenvalue weighted by Gasteiger charge is 2.22. The standard InChI is InChI=1S/C23H24N4O5S/c1-14-6-5-7-16(12-14)24-18(28)13-33-20(25-15-8-10-17(32-4)11-9-15)19-21(29)26(2)23(31)27(3)22(19)30/h5-12,29H,13H2,1-4H3,(H,24,28). The van der Waals surface area contributed by atoms with Crippen LogP contribution in [-0.4, -0.2) is 38.1 Å². The molecule has 1 heterocycles. The van der Waals surface area contributed by atoms with Gasteiger partial charge in [-0.25, -0.2) is 9.79 Å². The third-order valence-electron chi connectivity index (χ3n) is 4.79. The van der Waals surface area contributed by atoms with Crippen LogP contribution in [0.4, 0.5) is 11.4 Å². The molecule has 0 unspecified atom stereocenters. The van der Waals surface area contributed by atoms with Gasteiger partial charge in [0.1, 0.15) is 16.4 Å². The summed E-state index contributed by atoms with van der Waals surface area (Å²) in [5.74, 6) is -0.286. The number of carbonyl (C=O) groups is 1. The van der Waals surface area contributed by atoms with E-state index in [1.807, 2.05) is 25.1 Å². The van der Waals surface area contributed by atoms with E-state index in [0.29, 0.717) is 17.1 Å². The average molecular weight is 469 g/mol. The van der Waals surface area contributed by atoms with Crippen LogP contribution in [0, 0.1) is 6.92 Å². The van der Waals surface area contributed by atoms with Crippen LogP contribution in [-0.2, 0) is 18.9 Å². The summed E-state index contributed by atoms with van der Waals surface area (Å²) in [6.07, 6.45) is 0. The minimum Gasteiger partial charge on any atom is -0.497 e. The highest BCUT2D eigenvalue weighted by molar-refractivity contribution is 8.15. The minimum atomic E-state index is -0.713. The Morgan fingerprint density at radius 2 is 1.82 bits per heavy atom. The van der Waals surface area contributed by atoms with Crippen LogP contribution in [0.2, 0.25) is 0 Å². The van der Waals surface area contributed by atoms with E-state index >= 15 is 0 Å². The van der Waals surface area contributed by atoms with Gasteiger partial charge in [0.25, 0.3) is 5.56 Å². The molecular formula is C23H24N4O5S. The van der Waals surface area contributed by atoms with E-state index < -0.39 is 17.1 Å². The number of anilines is 1. The van der Waals surface area contributed by atoms with Crippen LogP contribution in [0.5, 0.6) is 11.6 Å². The molecule has 2 aromatic carbocycles. The van der Waals surface area contributed by atoms with Crippen molar-refractivity contribution in [3.63, 3.8) is 0 Å². The van der Waals surface area contributed by atoms with Gasteiger partial charge in [-0.15, -0.1) is 0 Å². The van der Waals surface area contributed by atoms with E-state index in [0.717, 1.165) is 26.5 Å². The molecule has 9 nitrogen and oxygen atoms in total. The number of nitrogens with one attached hydrogen (secondary N) is 1. The maximum Gasteiger partial charge on any atom is 0.333 e. The molecule has 0 spiro atoms. The lowest BCUT2D eigenvalue weighted by atomic mass is 10.2. The summed E-state index contributed by atoms with van der Waals surface area (Å²) >= 11 is 0.981. The normalized spacial score (nSPS) is 11.3. The third kappa shape index (κ3) is 5.53. The van der Waals surface area contributed by atoms with Crippen LogP contribution >= 0.6 is 11.8 Å². The number of carbonyl (C=O) groups excluding carboxylic acids is 1. The molecule has 0 fully saturated rings. The first kappa shape index (κ1) is 23.9. The number of hydrogen-bond donors (Lipinski definition) is 2.